The number of aromatic nitrogens is 1. The monoisotopic (exact) mass is 357 g/mol. The fraction of sp³-hybridized carbons (Fsp3) is 0.312. The van der Waals surface area contributed by atoms with Gasteiger partial charge in [0.15, 0.2) is 22.4 Å². The third-order valence-electron chi connectivity index (χ3n) is 3.11. The summed E-state index contributed by atoms with van der Waals surface area (Å²) in [5.41, 5.74) is 0.264. The van der Waals surface area contributed by atoms with Crippen molar-refractivity contribution in [2.24, 2.45) is 0 Å². The molecule has 0 saturated carbocycles. The van der Waals surface area contributed by atoms with E-state index in [1.54, 1.807) is 6.92 Å². The van der Waals surface area contributed by atoms with Crippen LogP contribution >= 0.6 is 12.2 Å². The van der Waals surface area contributed by atoms with Gasteiger partial charge in [-0.1, -0.05) is 0 Å². The summed E-state index contributed by atoms with van der Waals surface area (Å²) in [6.45, 7) is 2.30. The molecule has 1 aromatic carbocycles. The first-order chi connectivity index (χ1) is 11.4. The highest BCUT2D eigenvalue weighted by atomic mass is 32.1. The molecule has 0 saturated heterocycles. The Hall–Kier alpha value is -2.22. The first-order valence-corrected chi connectivity index (χ1v) is 7.53. The molecule has 0 radical (unpaired) electrons. The van der Waals surface area contributed by atoms with Gasteiger partial charge < -0.3 is 9.47 Å². The maximum absolute atomic E-state index is 13.6. The average Bonchev–Trinajstić information content (AvgIpc) is 2.49. The standard InChI is InChI=1S/C16H14F3NO3S/c1-3-22-16(24)14-12(4-5-17)20-13-7-11(19)10(18)6-9(13)15(14)23-8(2)21/h6-7H,3-5H2,1-2H3. The molecule has 0 aliphatic rings. The summed E-state index contributed by atoms with van der Waals surface area (Å²) in [4.78, 5) is 15.6. The molecule has 2 aromatic rings. The van der Waals surface area contributed by atoms with E-state index >= 15 is 0 Å². The van der Waals surface area contributed by atoms with Crippen LogP contribution in [0.25, 0.3) is 10.9 Å². The molecule has 0 aliphatic heterocycles. The Bertz CT molecular complexity index is 811. The van der Waals surface area contributed by atoms with E-state index in [0.29, 0.717) is 0 Å². The van der Waals surface area contributed by atoms with Crippen molar-refractivity contribution in [2.75, 3.05) is 13.3 Å². The first-order valence-electron chi connectivity index (χ1n) is 7.12. The van der Waals surface area contributed by atoms with Gasteiger partial charge in [0.05, 0.1) is 30.1 Å². The Labute approximate surface area is 141 Å². The first kappa shape index (κ1) is 18.1. The van der Waals surface area contributed by atoms with Crippen LogP contribution in [0.15, 0.2) is 12.1 Å². The van der Waals surface area contributed by atoms with Crippen LogP contribution in [0.3, 0.4) is 0 Å². The lowest BCUT2D eigenvalue weighted by atomic mass is 10.1. The molecular formula is C16H14F3NO3S. The van der Waals surface area contributed by atoms with Crippen LogP contribution in [0, 0.1) is 11.6 Å². The maximum Gasteiger partial charge on any atom is 0.308 e. The molecule has 1 heterocycles. The summed E-state index contributed by atoms with van der Waals surface area (Å²) in [6, 6.07) is 1.71. The predicted octanol–water partition coefficient (Wildman–Crippen LogP) is 3.66. The van der Waals surface area contributed by atoms with Gasteiger partial charge in [-0.3, -0.25) is 14.2 Å². The van der Waals surface area contributed by atoms with Gasteiger partial charge in [-0.2, -0.15) is 0 Å². The highest BCUT2D eigenvalue weighted by molar-refractivity contribution is 7.80. The molecular weight excluding hydrogens is 343 g/mol. The number of carbonyl (C=O) groups is 1. The van der Waals surface area contributed by atoms with Crippen molar-refractivity contribution in [1.82, 2.24) is 4.98 Å². The van der Waals surface area contributed by atoms with E-state index in [9.17, 15) is 18.0 Å². The number of hydrogen-bond donors (Lipinski definition) is 0. The van der Waals surface area contributed by atoms with E-state index in [1.807, 2.05) is 0 Å². The fourth-order valence-electron chi connectivity index (χ4n) is 2.21. The fourth-order valence-corrected chi connectivity index (χ4v) is 2.54. The summed E-state index contributed by atoms with van der Waals surface area (Å²) in [6.07, 6.45) is -0.147. The highest BCUT2D eigenvalue weighted by Crippen LogP contribution is 2.34. The molecule has 0 spiro atoms. The minimum absolute atomic E-state index is 0.0247. The number of halogens is 3. The van der Waals surface area contributed by atoms with Gasteiger partial charge in [0.1, 0.15) is 0 Å². The zero-order valence-electron chi connectivity index (χ0n) is 13.0. The van der Waals surface area contributed by atoms with Gasteiger partial charge in [0, 0.05) is 24.8 Å². The van der Waals surface area contributed by atoms with E-state index in [4.69, 9.17) is 21.7 Å². The number of rotatable bonds is 5. The quantitative estimate of drug-likeness (QED) is 0.604. The Morgan fingerprint density at radius 3 is 2.54 bits per heavy atom. The normalized spacial score (nSPS) is 10.7. The zero-order chi connectivity index (χ0) is 17.9. The smallest absolute Gasteiger partial charge is 0.308 e. The molecule has 0 bridgehead atoms. The second-order valence-corrected chi connectivity index (χ2v) is 5.17. The number of carbonyl (C=O) groups excluding carboxylic acids is 1. The van der Waals surface area contributed by atoms with Gasteiger partial charge >= 0.3 is 5.97 Å². The lowest BCUT2D eigenvalue weighted by molar-refractivity contribution is -0.131. The largest absolute Gasteiger partial charge is 0.483 e. The van der Waals surface area contributed by atoms with E-state index in [-0.39, 0.29) is 46.0 Å². The molecule has 0 N–H and O–H groups in total. The Balaban J connectivity index is 2.85. The number of esters is 1. The molecule has 2 rings (SSSR count). The van der Waals surface area contributed by atoms with Gasteiger partial charge in [-0.25, -0.2) is 8.78 Å². The van der Waals surface area contributed by atoms with E-state index in [0.717, 1.165) is 19.1 Å². The van der Waals surface area contributed by atoms with Crippen molar-refractivity contribution in [3.05, 3.63) is 35.0 Å². The molecule has 8 heteroatoms. The minimum atomic E-state index is -1.13. The van der Waals surface area contributed by atoms with Crippen molar-refractivity contribution in [1.29, 1.82) is 0 Å². The Morgan fingerprint density at radius 2 is 1.96 bits per heavy atom. The van der Waals surface area contributed by atoms with Gasteiger partial charge in [-0.15, -0.1) is 0 Å². The van der Waals surface area contributed by atoms with Crippen molar-refractivity contribution in [3.8, 4) is 5.75 Å². The summed E-state index contributed by atoms with van der Waals surface area (Å²) < 4.78 is 50.4. The summed E-state index contributed by atoms with van der Waals surface area (Å²) in [5.74, 6) is -3.06. The van der Waals surface area contributed by atoms with Crippen molar-refractivity contribution >= 4 is 34.1 Å². The zero-order valence-corrected chi connectivity index (χ0v) is 13.8. The maximum atomic E-state index is 13.6. The number of thiocarbonyl (C=S) groups is 1. The van der Waals surface area contributed by atoms with Gasteiger partial charge in [0.2, 0.25) is 0 Å². The molecule has 0 unspecified atom stereocenters. The lowest BCUT2D eigenvalue weighted by Gasteiger charge is -2.16. The number of pyridine rings is 1. The number of alkyl halides is 1. The van der Waals surface area contributed by atoms with Crippen LogP contribution in [-0.2, 0) is 16.0 Å². The number of nitrogens with zero attached hydrogens (tertiary/aromatic N) is 1. The Kier molecular flexibility index (Phi) is 5.71. The summed E-state index contributed by atoms with van der Waals surface area (Å²) >= 11 is 5.14. The van der Waals surface area contributed by atoms with Crippen LogP contribution in [-0.4, -0.2) is 29.3 Å². The minimum Gasteiger partial charge on any atom is -0.483 e. The highest BCUT2D eigenvalue weighted by Gasteiger charge is 2.23. The van der Waals surface area contributed by atoms with Crippen LogP contribution in [0.2, 0.25) is 0 Å². The number of aryl methyl sites for hydroxylation is 1. The third-order valence-corrected chi connectivity index (χ3v) is 3.43. The molecule has 0 fully saturated rings. The van der Waals surface area contributed by atoms with E-state index in [1.165, 1.54) is 0 Å². The number of benzene rings is 1. The van der Waals surface area contributed by atoms with Crippen molar-refractivity contribution < 1.29 is 27.4 Å². The molecule has 0 amide bonds. The Morgan fingerprint density at radius 1 is 1.29 bits per heavy atom. The molecule has 0 aliphatic carbocycles. The van der Waals surface area contributed by atoms with E-state index in [2.05, 4.69) is 4.98 Å². The van der Waals surface area contributed by atoms with Gasteiger partial charge in [-0.05, 0) is 25.2 Å². The van der Waals surface area contributed by atoms with E-state index < -0.39 is 24.3 Å². The molecule has 4 nitrogen and oxygen atoms in total. The number of hydrogen-bond acceptors (Lipinski definition) is 5. The average molecular weight is 357 g/mol. The van der Waals surface area contributed by atoms with Gasteiger partial charge in [0.25, 0.3) is 0 Å². The van der Waals surface area contributed by atoms with Crippen LogP contribution in [0.5, 0.6) is 5.75 Å². The van der Waals surface area contributed by atoms with Crippen molar-refractivity contribution in [3.63, 3.8) is 0 Å². The molecule has 24 heavy (non-hydrogen) atoms. The third kappa shape index (κ3) is 3.64. The topological polar surface area (TPSA) is 48.4 Å². The SMILES string of the molecule is CCOC(=S)c1c(CCF)nc2cc(F)c(F)cc2c1OC(C)=O. The van der Waals surface area contributed by atoms with Crippen LogP contribution in [0.4, 0.5) is 13.2 Å². The lowest BCUT2D eigenvalue weighted by Crippen LogP contribution is -2.15. The summed E-state index contributed by atoms with van der Waals surface area (Å²) in [7, 11) is 0. The molecule has 128 valence electrons. The summed E-state index contributed by atoms with van der Waals surface area (Å²) in [5, 5.41) is -0.0138. The number of ether oxygens (including phenoxy) is 2. The van der Waals surface area contributed by atoms with Crippen molar-refractivity contribution in [2.45, 2.75) is 20.3 Å². The van der Waals surface area contributed by atoms with Crippen LogP contribution < -0.4 is 4.74 Å². The predicted molar refractivity (Wildman–Crippen MR) is 86.0 cm³/mol. The molecule has 0 atom stereocenters. The number of fused-ring (bicyclic) bond motifs is 1. The van der Waals surface area contributed by atoms with Crippen LogP contribution in [0.1, 0.15) is 25.1 Å². The molecule has 1 aromatic heterocycles. The second kappa shape index (κ2) is 7.57. The second-order valence-electron chi connectivity index (χ2n) is 4.80.